The van der Waals surface area contributed by atoms with Gasteiger partial charge in [0.05, 0.1) is 36.6 Å². The molecule has 47 heavy (non-hydrogen) atoms. The van der Waals surface area contributed by atoms with E-state index in [0.29, 0.717) is 28.8 Å². The Balaban J connectivity index is 1.32. The van der Waals surface area contributed by atoms with Crippen LogP contribution in [0.1, 0.15) is 53.1 Å². The first kappa shape index (κ1) is 30.5. The summed E-state index contributed by atoms with van der Waals surface area (Å²) in [6.07, 6.45) is 5.12. The van der Waals surface area contributed by atoms with E-state index in [4.69, 9.17) is 26.8 Å². The summed E-state index contributed by atoms with van der Waals surface area (Å²) < 4.78 is 42.6. The Hall–Kier alpha value is -5.15. The third-order valence-corrected chi connectivity index (χ3v) is 8.93. The van der Waals surface area contributed by atoms with Gasteiger partial charge in [0.25, 0.3) is 5.91 Å². The molecule has 0 saturated heterocycles. The number of benzene rings is 2. The minimum absolute atomic E-state index is 0.00435. The number of carbonyl (C=O) groups is 2. The molecule has 2 amide bonds. The lowest BCUT2D eigenvalue weighted by molar-refractivity contribution is -0.123. The summed E-state index contributed by atoms with van der Waals surface area (Å²) >= 11 is 6.01. The van der Waals surface area contributed by atoms with Crippen LogP contribution in [-0.4, -0.2) is 67.4 Å². The number of hydrogen-bond donors (Lipinski definition) is 4. The van der Waals surface area contributed by atoms with Gasteiger partial charge in [0.15, 0.2) is 5.60 Å². The molecule has 4 heterocycles. The van der Waals surface area contributed by atoms with Crippen molar-refractivity contribution in [2.24, 2.45) is 5.73 Å². The molecule has 0 spiro atoms. The molecule has 2 aromatic carbocycles. The zero-order valence-electron chi connectivity index (χ0n) is 25.0. The highest BCUT2D eigenvalue weighted by molar-refractivity contribution is 6.31. The molecule has 1 fully saturated rings. The van der Waals surface area contributed by atoms with Gasteiger partial charge in [0, 0.05) is 34.3 Å². The number of halogens is 3. The molecular formula is C31H27ClF2N8O5. The molecule has 3 aromatic heterocycles. The van der Waals surface area contributed by atoms with Crippen LogP contribution in [-0.2, 0) is 15.8 Å². The Morgan fingerprint density at radius 1 is 1.23 bits per heavy atom. The van der Waals surface area contributed by atoms with Gasteiger partial charge in [-0.1, -0.05) is 11.6 Å². The minimum atomic E-state index is -2.21. The normalized spacial score (nSPS) is 18.4. The lowest BCUT2D eigenvalue weighted by Gasteiger charge is -2.28. The van der Waals surface area contributed by atoms with Crippen LogP contribution in [0.5, 0.6) is 11.5 Å². The van der Waals surface area contributed by atoms with E-state index in [1.54, 1.807) is 12.1 Å². The Labute approximate surface area is 270 Å². The van der Waals surface area contributed by atoms with Gasteiger partial charge in [-0.25, -0.2) is 13.8 Å². The number of hydrogen-bond acceptors (Lipinski definition) is 9. The molecule has 2 aliphatic rings. The Kier molecular flexibility index (Phi) is 7.13. The summed E-state index contributed by atoms with van der Waals surface area (Å²) in [4.78, 5) is 30.8. The number of primary amides is 1. The lowest BCUT2D eigenvalue weighted by atomic mass is 9.81. The molecule has 1 aliphatic carbocycles. The van der Waals surface area contributed by atoms with Gasteiger partial charge in [-0.2, -0.15) is 20.5 Å². The summed E-state index contributed by atoms with van der Waals surface area (Å²) in [5.41, 5.74) is 2.47. The number of amides is 2. The average molecular weight is 665 g/mol. The Bertz CT molecular complexity index is 2090. The number of fused-ring (bicyclic) bond motifs is 2. The summed E-state index contributed by atoms with van der Waals surface area (Å²) in [5.74, 6) is -2.97. The molecule has 242 valence electrons. The van der Waals surface area contributed by atoms with Gasteiger partial charge in [0.1, 0.15) is 52.1 Å². The SMILES string of the molecule is COc1cc(C(=O)NC[C@](O)(c2cn[nH]n2)c2cc3c(c(-c4cc(Cl)c(F)cc4F)n2)OC[C@]3(C)C(N)=O)cc2cn(C3CC3)nc12. The van der Waals surface area contributed by atoms with Gasteiger partial charge in [-0.15, -0.1) is 0 Å². The quantitative estimate of drug-likeness (QED) is 0.172. The maximum atomic E-state index is 15.3. The number of aromatic amines is 1. The van der Waals surface area contributed by atoms with Crippen molar-refractivity contribution in [2.45, 2.75) is 36.8 Å². The number of rotatable bonds is 9. The van der Waals surface area contributed by atoms with Crippen molar-refractivity contribution in [1.82, 2.24) is 35.5 Å². The highest BCUT2D eigenvalue weighted by Crippen LogP contribution is 2.47. The lowest BCUT2D eigenvalue weighted by Crippen LogP contribution is -2.43. The van der Waals surface area contributed by atoms with Crippen molar-refractivity contribution in [3.05, 3.63) is 81.9 Å². The molecule has 5 aromatic rings. The fourth-order valence-corrected chi connectivity index (χ4v) is 5.81. The number of H-pyrrole nitrogens is 1. The number of ether oxygens (including phenoxy) is 2. The van der Waals surface area contributed by atoms with Crippen molar-refractivity contribution in [3.63, 3.8) is 0 Å². The topological polar surface area (TPSA) is 183 Å². The van der Waals surface area contributed by atoms with E-state index in [-0.39, 0.29) is 46.1 Å². The first-order chi connectivity index (χ1) is 22.4. The van der Waals surface area contributed by atoms with Gasteiger partial charge in [-0.05, 0) is 44.0 Å². The number of aromatic nitrogens is 6. The fraction of sp³-hybridized carbons (Fsp3) is 0.290. The third-order valence-electron chi connectivity index (χ3n) is 8.64. The third kappa shape index (κ3) is 5.02. The number of pyridine rings is 1. The number of methoxy groups -OCH3 is 1. The highest BCUT2D eigenvalue weighted by Gasteiger charge is 2.47. The van der Waals surface area contributed by atoms with E-state index in [1.807, 2.05) is 10.9 Å². The predicted molar refractivity (Wildman–Crippen MR) is 163 cm³/mol. The number of carbonyl (C=O) groups excluding carboxylic acids is 2. The molecule has 7 rings (SSSR count). The molecule has 1 aliphatic heterocycles. The molecule has 0 radical (unpaired) electrons. The second kappa shape index (κ2) is 11.0. The molecular weight excluding hydrogens is 638 g/mol. The number of nitrogens with one attached hydrogen (secondary N) is 2. The Morgan fingerprint density at radius 2 is 2.02 bits per heavy atom. The number of nitrogens with zero attached hydrogens (tertiary/aromatic N) is 5. The first-order valence-electron chi connectivity index (χ1n) is 14.5. The number of aliphatic hydroxyl groups is 1. The van der Waals surface area contributed by atoms with Crippen LogP contribution in [0.25, 0.3) is 22.2 Å². The van der Waals surface area contributed by atoms with E-state index < -0.39 is 46.0 Å². The Morgan fingerprint density at radius 3 is 2.70 bits per heavy atom. The fourth-order valence-electron chi connectivity index (χ4n) is 5.64. The van der Waals surface area contributed by atoms with Crippen LogP contribution >= 0.6 is 11.6 Å². The van der Waals surface area contributed by atoms with Crippen molar-refractivity contribution < 1.29 is 33.0 Å². The van der Waals surface area contributed by atoms with E-state index in [9.17, 15) is 19.1 Å². The van der Waals surface area contributed by atoms with Crippen LogP contribution in [0.15, 0.2) is 42.7 Å². The summed E-state index contributed by atoms with van der Waals surface area (Å²) in [6.45, 7) is 0.799. The second-order valence-corrected chi connectivity index (χ2v) is 12.2. The van der Waals surface area contributed by atoms with Crippen LogP contribution in [0.4, 0.5) is 8.78 Å². The van der Waals surface area contributed by atoms with Gasteiger partial charge >= 0.3 is 0 Å². The standard InChI is InChI=1S/C31H27ClF2N8O5/c1-30(29(35)44)13-47-27-18(30)8-23(38-26(27)17-7-19(32)21(34)9-20(17)33)31(45,24-10-37-41-39-24)12-36-28(43)14-5-15-11-42(16-3-4-16)40-25(15)22(6-14)46-2/h5-11,16,45H,3-4,12-13H2,1-2H3,(H2,35,44)(H,36,43)(H,37,39,41)/t30-,31+/m0/s1. The van der Waals surface area contributed by atoms with Crippen molar-refractivity contribution in [3.8, 4) is 22.8 Å². The van der Waals surface area contributed by atoms with Crippen molar-refractivity contribution in [2.75, 3.05) is 20.3 Å². The predicted octanol–water partition coefficient (Wildman–Crippen LogP) is 3.29. The molecule has 5 N–H and O–H groups in total. The van der Waals surface area contributed by atoms with E-state index in [2.05, 4.69) is 30.8 Å². The molecule has 13 nitrogen and oxygen atoms in total. The molecule has 1 saturated carbocycles. The minimum Gasteiger partial charge on any atom is -0.494 e. The maximum absolute atomic E-state index is 15.3. The molecule has 0 unspecified atom stereocenters. The van der Waals surface area contributed by atoms with Crippen LogP contribution in [0.2, 0.25) is 5.02 Å². The summed E-state index contributed by atoms with van der Waals surface area (Å²) in [7, 11) is 1.48. The van der Waals surface area contributed by atoms with Gasteiger partial charge < -0.3 is 25.6 Å². The zero-order chi connectivity index (χ0) is 33.2. The molecule has 0 bridgehead atoms. The van der Waals surface area contributed by atoms with Crippen LogP contribution in [0.3, 0.4) is 0 Å². The van der Waals surface area contributed by atoms with E-state index in [1.165, 1.54) is 26.3 Å². The highest BCUT2D eigenvalue weighted by atomic mass is 35.5. The average Bonchev–Trinajstić information content (AvgIpc) is 3.41. The largest absolute Gasteiger partial charge is 0.494 e. The van der Waals surface area contributed by atoms with Crippen LogP contribution in [0, 0.1) is 11.6 Å². The van der Waals surface area contributed by atoms with Crippen molar-refractivity contribution >= 4 is 34.3 Å². The summed E-state index contributed by atoms with van der Waals surface area (Å²) in [6, 6.07) is 6.50. The maximum Gasteiger partial charge on any atom is 0.251 e. The van der Waals surface area contributed by atoms with E-state index >= 15 is 4.39 Å². The van der Waals surface area contributed by atoms with Crippen molar-refractivity contribution in [1.29, 1.82) is 0 Å². The zero-order valence-corrected chi connectivity index (χ0v) is 25.7. The monoisotopic (exact) mass is 664 g/mol. The second-order valence-electron chi connectivity index (χ2n) is 11.8. The molecule has 16 heteroatoms. The van der Waals surface area contributed by atoms with E-state index in [0.717, 1.165) is 18.9 Å². The van der Waals surface area contributed by atoms with Crippen LogP contribution < -0.4 is 20.5 Å². The summed E-state index contributed by atoms with van der Waals surface area (Å²) in [5, 5.41) is 30.2. The number of nitrogens with two attached hydrogens (primary N) is 1. The van der Waals surface area contributed by atoms with Gasteiger partial charge in [0.2, 0.25) is 5.91 Å². The molecule has 2 atom stereocenters. The van der Waals surface area contributed by atoms with Gasteiger partial charge in [-0.3, -0.25) is 14.3 Å². The smallest absolute Gasteiger partial charge is 0.251 e. The first-order valence-corrected chi connectivity index (χ1v) is 14.9.